The quantitative estimate of drug-likeness (QED) is 0.764. The van der Waals surface area contributed by atoms with E-state index in [1.54, 1.807) is 13.3 Å². The van der Waals surface area contributed by atoms with Gasteiger partial charge in [0.1, 0.15) is 5.75 Å². The zero-order valence-electron chi connectivity index (χ0n) is 10.9. The number of aromatic nitrogens is 2. The van der Waals surface area contributed by atoms with Crippen molar-refractivity contribution in [1.29, 1.82) is 0 Å². The van der Waals surface area contributed by atoms with E-state index in [-0.39, 0.29) is 0 Å². The first kappa shape index (κ1) is 11.6. The van der Waals surface area contributed by atoms with Crippen LogP contribution in [0.4, 0.5) is 5.69 Å². The van der Waals surface area contributed by atoms with Crippen LogP contribution in [-0.4, -0.2) is 16.7 Å². The van der Waals surface area contributed by atoms with Crippen LogP contribution in [0.25, 0.3) is 22.2 Å². The van der Waals surface area contributed by atoms with Gasteiger partial charge in [0.2, 0.25) is 0 Å². The second kappa shape index (κ2) is 4.31. The standard InChI is InChI=1S/C15H15N3O/c1-18-9-13(14-5-3-10(16)8-17-14)12-7-11(19-2)4-6-15(12)18/h3-9H,16H2,1-2H3. The molecule has 96 valence electrons. The first-order chi connectivity index (χ1) is 9.19. The maximum Gasteiger partial charge on any atom is 0.119 e. The van der Waals surface area contributed by atoms with Gasteiger partial charge in [0, 0.05) is 29.7 Å². The van der Waals surface area contributed by atoms with E-state index >= 15 is 0 Å². The van der Waals surface area contributed by atoms with E-state index in [1.807, 2.05) is 31.3 Å². The van der Waals surface area contributed by atoms with Crippen LogP contribution in [0.3, 0.4) is 0 Å². The average Bonchev–Trinajstić information content (AvgIpc) is 2.76. The van der Waals surface area contributed by atoms with E-state index in [4.69, 9.17) is 10.5 Å². The lowest BCUT2D eigenvalue weighted by Gasteiger charge is -2.02. The largest absolute Gasteiger partial charge is 0.497 e. The van der Waals surface area contributed by atoms with Crippen molar-refractivity contribution in [3.63, 3.8) is 0 Å². The average molecular weight is 253 g/mol. The predicted molar refractivity (Wildman–Crippen MR) is 77.1 cm³/mol. The molecule has 0 saturated heterocycles. The number of hydrogen-bond donors (Lipinski definition) is 1. The fourth-order valence-electron chi connectivity index (χ4n) is 2.27. The molecule has 0 aliphatic rings. The van der Waals surface area contributed by atoms with E-state index in [2.05, 4.69) is 21.8 Å². The fraction of sp³-hybridized carbons (Fsp3) is 0.133. The van der Waals surface area contributed by atoms with E-state index in [9.17, 15) is 0 Å². The van der Waals surface area contributed by atoms with Crippen molar-refractivity contribution in [2.75, 3.05) is 12.8 Å². The minimum Gasteiger partial charge on any atom is -0.497 e. The summed E-state index contributed by atoms with van der Waals surface area (Å²) in [5, 5.41) is 1.12. The SMILES string of the molecule is COc1ccc2c(c1)c(-c1ccc(N)cn1)cn2C. The van der Waals surface area contributed by atoms with Gasteiger partial charge in [-0.3, -0.25) is 4.98 Å². The topological polar surface area (TPSA) is 53.1 Å². The highest BCUT2D eigenvalue weighted by atomic mass is 16.5. The molecule has 0 spiro atoms. The number of aryl methyl sites for hydroxylation is 1. The number of pyridine rings is 1. The molecule has 3 aromatic rings. The molecule has 0 atom stereocenters. The lowest BCUT2D eigenvalue weighted by molar-refractivity contribution is 0.415. The van der Waals surface area contributed by atoms with Crippen LogP contribution in [-0.2, 0) is 7.05 Å². The molecule has 2 N–H and O–H groups in total. The Morgan fingerprint density at radius 1 is 1.21 bits per heavy atom. The summed E-state index contributed by atoms with van der Waals surface area (Å²) in [5.41, 5.74) is 9.49. The Morgan fingerprint density at radius 2 is 2.05 bits per heavy atom. The molecule has 0 amide bonds. The Hall–Kier alpha value is -2.49. The first-order valence-corrected chi connectivity index (χ1v) is 6.04. The number of ether oxygens (including phenoxy) is 1. The summed E-state index contributed by atoms with van der Waals surface area (Å²) in [6.07, 6.45) is 3.75. The number of benzene rings is 1. The molecule has 0 fully saturated rings. The molecule has 0 aliphatic heterocycles. The molecule has 0 radical (unpaired) electrons. The molecule has 0 bridgehead atoms. The van der Waals surface area contributed by atoms with Crippen LogP contribution in [0.5, 0.6) is 5.75 Å². The van der Waals surface area contributed by atoms with Crippen LogP contribution < -0.4 is 10.5 Å². The van der Waals surface area contributed by atoms with Gasteiger partial charge in [0.25, 0.3) is 0 Å². The molecule has 2 heterocycles. The number of anilines is 1. The Bertz CT molecular complexity index is 729. The van der Waals surface area contributed by atoms with Gasteiger partial charge in [-0.15, -0.1) is 0 Å². The van der Waals surface area contributed by atoms with Gasteiger partial charge < -0.3 is 15.0 Å². The molecule has 1 aromatic carbocycles. The van der Waals surface area contributed by atoms with Gasteiger partial charge >= 0.3 is 0 Å². The predicted octanol–water partition coefficient (Wildman–Crippen LogP) is 2.83. The maximum absolute atomic E-state index is 5.68. The zero-order valence-corrected chi connectivity index (χ0v) is 10.9. The molecular formula is C15H15N3O. The van der Waals surface area contributed by atoms with Crippen molar-refractivity contribution in [2.24, 2.45) is 7.05 Å². The number of rotatable bonds is 2. The van der Waals surface area contributed by atoms with Crippen LogP contribution in [0.15, 0.2) is 42.7 Å². The highest BCUT2D eigenvalue weighted by Gasteiger charge is 2.10. The third-order valence-electron chi connectivity index (χ3n) is 3.26. The minimum absolute atomic E-state index is 0.668. The highest BCUT2D eigenvalue weighted by molar-refractivity contribution is 5.96. The molecule has 4 heteroatoms. The van der Waals surface area contributed by atoms with Crippen molar-refractivity contribution in [1.82, 2.24) is 9.55 Å². The molecule has 3 rings (SSSR count). The summed E-state index contributed by atoms with van der Waals surface area (Å²) in [4.78, 5) is 4.39. The molecule has 0 saturated carbocycles. The van der Waals surface area contributed by atoms with Crippen molar-refractivity contribution in [3.05, 3.63) is 42.7 Å². The van der Waals surface area contributed by atoms with Gasteiger partial charge in [-0.2, -0.15) is 0 Å². The van der Waals surface area contributed by atoms with Crippen molar-refractivity contribution in [3.8, 4) is 17.0 Å². The number of nitrogens with two attached hydrogens (primary N) is 1. The second-order valence-corrected chi connectivity index (χ2v) is 4.51. The Morgan fingerprint density at radius 3 is 2.74 bits per heavy atom. The van der Waals surface area contributed by atoms with Gasteiger partial charge in [-0.1, -0.05) is 0 Å². The summed E-state index contributed by atoms with van der Waals surface area (Å²) >= 11 is 0. The van der Waals surface area contributed by atoms with E-state index < -0.39 is 0 Å². The van der Waals surface area contributed by atoms with Crippen LogP contribution in [0.2, 0.25) is 0 Å². The van der Waals surface area contributed by atoms with Gasteiger partial charge in [0.15, 0.2) is 0 Å². The molecular weight excluding hydrogens is 238 g/mol. The van der Waals surface area contributed by atoms with E-state index in [0.29, 0.717) is 5.69 Å². The van der Waals surface area contributed by atoms with Crippen LogP contribution >= 0.6 is 0 Å². The lowest BCUT2D eigenvalue weighted by Crippen LogP contribution is -1.87. The van der Waals surface area contributed by atoms with Crippen LogP contribution in [0, 0.1) is 0 Å². The van der Waals surface area contributed by atoms with Gasteiger partial charge in [0.05, 0.1) is 24.7 Å². The monoisotopic (exact) mass is 253 g/mol. The molecule has 4 nitrogen and oxygen atoms in total. The Kier molecular flexibility index (Phi) is 2.63. The summed E-state index contributed by atoms with van der Waals surface area (Å²) in [7, 11) is 3.70. The third-order valence-corrected chi connectivity index (χ3v) is 3.26. The van der Waals surface area contributed by atoms with E-state index in [0.717, 1.165) is 27.9 Å². The molecule has 0 unspecified atom stereocenters. The molecule has 2 aromatic heterocycles. The van der Waals surface area contributed by atoms with Crippen molar-refractivity contribution >= 4 is 16.6 Å². The third kappa shape index (κ3) is 1.91. The Labute approximate surface area is 111 Å². The normalized spacial score (nSPS) is 10.8. The maximum atomic E-state index is 5.68. The number of fused-ring (bicyclic) bond motifs is 1. The second-order valence-electron chi connectivity index (χ2n) is 4.51. The minimum atomic E-state index is 0.668. The lowest BCUT2D eigenvalue weighted by atomic mass is 10.1. The fourth-order valence-corrected chi connectivity index (χ4v) is 2.27. The number of nitrogen functional groups attached to an aromatic ring is 1. The summed E-state index contributed by atoms with van der Waals surface area (Å²) < 4.78 is 7.38. The van der Waals surface area contributed by atoms with Crippen LogP contribution in [0.1, 0.15) is 0 Å². The highest BCUT2D eigenvalue weighted by Crippen LogP contribution is 2.31. The van der Waals surface area contributed by atoms with Gasteiger partial charge in [-0.05, 0) is 30.3 Å². The molecule has 19 heavy (non-hydrogen) atoms. The van der Waals surface area contributed by atoms with E-state index in [1.165, 1.54) is 0 Å². The van der Waals surface area contributed by atoms with Gasteiger partial charge in [-0.25, -0.2) is 0 Å². The summed E-state index contributed by atoms with van der Waals surface area (Å²) in [5.74, 6) is 0.843. The number of nitrogens with zero attached hydrogens (tertiary/aromatic N) is 2. The van der Waals surface area contributed by atoms with Crippen molar-refractivity contribution < 1.29 is 4.74 Å². The Balaban J connectivity index is 2.25. The zero-order chi connectivity index (χ0) is 13.4. The summed E-state index contributed by atoms with van der Waals surface area (Å²) in [6.45, 7) is 0. The summed E-state index contributed by atoms with van der Waals surface area (Å²) in [6, 6.07) is 9.84. The number of hydrogen-bond acceptors (Lipinski definition) is 3. The molecule has 0 aliphatic carbocycles. The van der Waals surface area contributed by atoms with Crippen molar-refractivity contribution in [2.45, 2.75) is 0 Å². The number of methoxy groups -OCH3 is 1. The smallest absolute Gasteiger partial charge is 0.119 e. The first-order valence-electron chi connectivity index (χ1n) is 6.04.